The van der Waals surface area contributed by atoms with Gasteiger partial charge in [0.25, 0.3) is 0 Å². The van der Waals surface area contributed by atoms with Gasteiger partial charge in [-0.1, -0.05) is 11.3 Å². The molecule has 1 rings (SSSR count). The second-order valence-corrected chi connectivity index (χ2v) is 7.29. The Labute approximate surface area is 63.9 Å². The Morgan fingerprint density at radius 1 is 1.40 bits per heavy atom. The van der Waals surface area contributed by atoms with Crippen molar-refractivity contribution in [2.24, 2.45) is 0 Å². The highest BCUT2D eigenvalue weighted by molar-refractivity contribution is 6.77. The van der Waals surface area contributed by atoms with Crippen LogP contribution in [-0.2, 0) is 0 Å². The molecule has 0 radical (unpaired) electrons. The van der Waals surface area contributed by atoms with Crippen molar-refractivity contribution < 1.29 is 4.80 Å². The van der Waals surface area contributed by atoms with Crippen LogP contribution >= 0.6 is 0 Å². The van der Waals surface area contributed by atoms with Crippen molar-refractivity contribution in [3.63, 3.8) is 0 Å². The average Bonchev–Trinajstić information content (AvgIpc) is 1.88. The predicted molar refractivity (Wildman–Crippen MR) is 46.3 cm³/mol. The lowest BCUT2D eigenvalue weighted by Crippen LogP contribution is -2.29. The smallest absolute Gasteiger partial charge is 0.209 e. The third-order valence-corrected chi connectivity index (χ3v) is 4.10. The normalized spacial score (nSPS) is 20.5. The van der Waals surface area contributed by atoms with Crippen LogP contribution in [0.3, 0.4) is 0 Å². The van der Waals surface area contributed by atoms with Gasteiger partial charge in [-0.3, -0.25) is 0 Å². The molecule has 10 heavy (non-hydrogen) atoms. The van der Waals surface area contributed by atoms with E-state index in [0.717, 1.165) is 6.42 Å². The lowest BCUT2D eigenvalue weighted by molar-refractivity contribution is 0.552. The largest absolute Gasteiger partial charge is 0.428 e. The van der Waals surface area contributed by atoms with E-state index in [1.165, 1.54) is 24.5 Å². The minimum atomic E-state index is -1.90. The summed E-state index contributed by atoms with van der Waals surface area (Å²) < 4.78 is 0. The minimum absolute atomic E-state index is 1.15. The van der Waals surface area contributed by atoms with E-state index in [1.807, 2.05) is 13.1 Å². The second-order valence-electron chi connectivity index (χ2n) is 3.53. The Kier molecular flexibility index (Phi) is 2.31. The van der Waals surface area contributed by atoms with E-state index < -0.39 is 8.32 Å². The van der Waals surface area contributed by atoms with Gasteiger partial charge in [-0.25, -0.2) is 0 Å². The average molecular weight is 156 g/mol. The molecule has 1 aliphatic carbocycles. The lowest BCUT2D eigenvalue weighted by atomic mass is 10.1. The summed E-state index contributed by atoms with van der Waals surface area (Å²) >= 11 is 0. The lowest BCUT2D eigenvalue weighted by Gasteiger charge is -2.21. The van der Waals surface area contributed by atoms with Gasteiger partial charge in [-0.2, -0.15) is 0 Å². The van der Waals surface area contributed by atoms with E-state index in [-0.39, 0.29) is 0 Å². The fourth-order valence-corrected chi connectivity index (χ4v) is 2.83. The quantitative estimate of drug-likeness (QED) is 0.577. The molecule has 0 spiro atoms. The maximum atomic E-state index is 9.71. The molecule has 0 aliphatic heterocycles. The van der Waals surface area contributed by atoms with Crippen LogP contribution in [0.15, 0.2) is 11.3 Å². The number of rotatable bonds is 1. The standard InChI is InChI=1S/C8H16OSi/c1-10(2,9)8-6-4-3-5-7-8/h6,9H,3-5,7H2,1-2H3. The van der Waals surface area contributed by atoms with E-state index >= 15 is 0 Å². The highest BCUT2D eigenvalue weighted by Gasteiger charge is 2.23. The van der Waals surface area contributed by atoms with Gasteiger partial charge in [-0.15, -0.1) is 0 Å². The third kappa shape index (κ3) is 1.96. The van der Waals surface area contributed by atoms with Gasteiger partial charge in [0, 0.05) is 0 Å². The van der Waals surface area contributed by atoms with Gasteiger partial charge in [0.1, 0.15) is 0 Å². The minimum Gasteiger partial charge on any atom is -0.428 e. The first kappa shape index (κ1) is 8.02. The topological polar surface area (TPSA) is 20.2 Å². The zero-order valence-corrected chi connectivity index (χ0v) is 7.85. The van der Waals surface area contributed by atoms with Crippen LogP contribution < -0.4 is 0 Å². The molecule has 2 heteroatoms. The number of hydrogen-bond acceptors (Lipinski definition) is 1. The summed E-state index contributed by atoms with van der Waals surface area (Å²) in [4.78, 5) is 9.71. The highest BCUT2D eigenvalue weighted by atomic mass is 28.4. The molecule has 0 saturated carbocycles. The van der Waals surface area contributed by atoms with Gasteiger partial charge >= 0.3 is 0 Å². The fraction of sp³-hybridized carbons (Fsp3) is 0.750. The first-order valence-corrected chi connectivity index (χ1v) is 6.97. The van der Waals surface area contributed by atoms with E-state index in [4.69, 9.17) is 0 Å². The van der Waals surface area contributed by atoms with E-state index in [2.05, 4.69) is 6.08 Å². The Morgan fingerprint density at radius 2 is 2.10 bits per heavy atom. The zero-order chi connectivity index (χ0) is 7.61. The second kappa shape index (κ2) is 2.89. The van der Waals surface area contributed by atoms with Crippen LogP contribution in [0.1, 0.15) is 25.7 Å². The monoisotopic (exact) mass is 156 g/mol. The summed E-state index contributed by atoms with van der Waals surface area (Å²) in [6, 6.07) is 0. The molecular weight excluding hydrogens is 140 g/mol. The third-order valence-electron chi connectivity index (χ3n) is 2.08. The van der Waals surface area contributed by atoms with Crippen molar-refractivity contribution in [1.82, 2.24) is 0 Å². The highest BCUT2D eigenvalue weighted by Crippen LogP contribution is 2.23. The molecule has 0 fully saturated rings. The number of hydrogen-bond donors (Lipinski definition) is 1. The van der Waals surface area contributed by atoms with Crippen molar-refractivity contribution in [2.45, 2.75) is 38.8 Å². The van der Waals surface area contributed by atoms with Crippen LogP contribution in [0.4, 0.5) is 0 Å². The molecule has 0 aromatic rings. The molecule has 1 N–H and O–H groups in total. The molecule has 58 valence electrons. The van der Waals surface area contributed by atoms with Crippen molar-refractivity contribution in [1.29, 1.82) is 0 Å². The fourth-order valence-electron chi connectivity index (χ4n) is 1.39. The summed E-state index contributed by atoms with van der Waals surface area (Å²) in [7, 11) is -1.90. The SMILES string of the molecule is C[Si](C)(O)C1=CCCCC1. The Balaban J connectivity index is 2.62. The summed E-state index contributed by atoms with van der Waals surface area (Å²) in [6.07, 6.45) is 7.18. The molecule has 0 atom stereocenters. The van der Waals surface area contributed by atoms with Crippen LogP contribution in [-0.4, -0.2) is 13.1 Å². The van der Waals surface area contributed by atoms with Crippen molar-refractivity contribution in [3.8, 4) is 0 Å². The molecule has 1 aliphatic rings. The molecule has 1 nitrogen and oxygen atoms in total. The summed E-state index contributed by atoms with van der Waals surface area (Å²) in [6.45, 7) is 4.01. The van der Waals surface area contributed by atoms with E-state index in [0.29, 0.717) is 0 Å². The van der Waals surface area contributed by atoms with Gasteiger partial charge in [-0.05, 0) is 38.8 Å². The maximum absolute atomic E-state index is 9.71. The molecule has 0 bridgehead atoms. The summed E-state index contributed by atoms with van der Waals surface area (Å²) in [5.74, 6) is 0. The van der Waals surface area contributed by atoms with Crippen LogP contribution in [0.25, 0.3) is 0 Å². The Hall–Kier alpha value is -0.0831. The van der Waals surface area contributed by atoms with Crippen molar-refractivity contribution in [3.05, 3.63) is 11.3 Å². The number of allylic oxidation sites excluding steroid dienone is 2. The van der Waals surface area contributed by atoms with E-state index in [9.17, 15) is 4.80 Å². The maximum Gasteiger partial charge on any atom is 0.209 e. The van der Waals surface area contributed by atoms with Gasteiger partial charge in [0.2, 0.25) is 8.32 Å². The molecule has 0 saturated heterocycles. The van der Waals surface area contributed by atoms with Crippen LogP contribution in [0.5, 0.6) is 0 Å². The molecule has 0 aromatic heterocycles. The van der Waals surface area contributed by atoms with Crippen LogP contribution in [0, 0.1) is 0 Å². The molecule has 0 amide bonds. The van der Waals surface area contributed by atoms with Crippen molar-refractivity contribution in [2.75, 3.05) is 0 Å². The summed E-state index contributed by atoms with van der Waals surface area (Å²) in [5.41, 5.74) is 0. The van der Waals surface area contributed by atoms with Crippen LogP contribution in [0.2, 0.25) is 13.1 Å². The summed E-state index contributed by atoms with van der Waals surface area (Å²) in [5, 5.41) is 1.36. The first-order valence-electron chi connectivity index (χ1n) is 4.02. The zero-order valence-electron chi connectivity index (χ0n) is 6.85. The molecule has 0 heterocycles. The Morgan fingerprint density at radius 3 is 2.40 bits per heavy atom. The molecular formula is C8H16OSi. The van der Waals surface area contributed by atoms with Crippen molar-refractivity contribution >= 4 is 8.32 Å². The Bertz CT molecular complexity index is 144. The predicted octanol–water partition coefficient (Wildman–Crippen LogP) is 2.22. The molecule has 0 unspecified atom stereocenters. The van der Waals surface area contributed by atoms with E-state index in [1.54, 1.807) is 0 Å². The van der Waals surface area contributed by atoms with Gasteiger partial charge in [0.05, 0.1) is 0 Å². The first-order chi connectivity index (χ1) is 4.61. The van der Waals surface area contributed by atoms with Gasteiger partial charge in [0.15, 0.2) is 0 Å². The van der Waals surface area contributed by atoms with Gasteiger partial charge < -0.3 is 4.80 Å². The molecule has 0 aromatic carbocycles.